The van der Waals surface area contributed by atoms with E-state index in [0.717, 1.165) is 28.6 Å². The van der Waals surface area contributed by atoms with E-state index in [9.17, 15) is 4.79 Å². The maximum atomic E-state index is 12.2. The van der Waals surface area contributed by atoms with Crippen LogP contribution in [0.3, 0.4) is 0 Å². The first-order chi connectivity index (χ1) is 9.74. The van der Waals surface area contributed by atoms with Crippen LogP contribution in [-0.4, -0.2) is 55.6 Å². The zero-order valence-electron chi connectivity index (χ0n) is 11.1. The molecule has 8 heteroatoms. The first-order valence-corrected chi connectivity index (χ1v) is 8.41. The lowest BCUT2D eigenvalue weighted by Crippen LogP contribution is -2.37. The van der Waals surface area contributed by atoms with Gasteiger partial charge in [0.25, 0.3) is 0 Å². The van der Waals surface area contributed by atoms with Gasteiger partial charge in [-0.2, -0.15) is 16.9 Å². The van der Waals surface area contributed by atoms with Crippen LogP contribution in [0.25, 0.3) is 10.8 Å². The van der Waals surface area contributed by atoms with Crippen LogP contribution < -0.4 is 0 Å². The van der Waals surface area contributed by atoms with Crippen molar-refractivity contribution in [3.05, 3.63) is 17.4 Å². The highest BCUT2D eigenvalue weighted by Gasteiger charge is 2.24. The molecule has 2 aromatic heterocycles. The number of carbonyl (C=O) groups is 1. The van der Waals surface area contributed by atoms with E-state index >= 15 is 0 Å². The Balaban J connectivity index is 1.64. The monoisotopic (exact) mass is 309 g/mol. The van der Waals surface area contributed by atoms with Gasteiger partial charge >= 0.3 is 0 Å². The maximum absolute atomic E-state index is 12.2. The molecule has 0 saturated carbocycles. The summed E-state index contributed by atoms with van der Waals surface area (Å²) in [7, 11) is 1.89. The number of H-pyrrole nitrogens is 1. The second-order valence-corrected chi connectivity index (χ2v) is 6.68. The summed E-state index contributed by atoms with van der Waals surface area (Å²) >= 11 is 3.38. The summed E-state index contributed by atoms with van der Waals surface area (Å²) < 4.78 is 0. The number of thioether (sulfide) groups is 1. The number of aromatic nitrogens is 4. The van der Waals surface area contributed by atoms with Crippen LogP contribution in [0, 0.1) is 0 Å². The molecule has 20 heavy (non-hydrogen) atoms. The van der Waals surface area contributed by atoms with E-state index in [1.807, 2.05) is 29.1 Å². The van der Waals surface area contributed by atoms with E-state index in [2.05, 4.69) is 20.2 Å². The van der Waals surface area contributed by atoms with Gasteiger partial charge in [-0.3, -0.25) is 9.89 Å². The second-order valence-electron chi connectivity index (χ2n) is 4.68. The van der Waals surface area contributed by atoms with Crippen molar-refractivity contribution in [1.29, 1.82) is 0 Å². The number of carbonyl (C=O) groups excluding carboxylic acids is 1. The molecule has 1 atom stereocenters. The van der Waals surface area contributed by atoms with Gasteiger partial charge in [-0.25, -0.2) is 9.97 Å². The van der Waals surface area contributed by atoms with Gasteiger partial charge in [0, 0.05) is 24.2 Å². The lowest BCUT2D eigenvalue weighted by molar-refractivity contribution is -0.130. The van der Waals surface area contributed by atoms with Crippen molar-refractivity contribution in [3.8, 4) is 10.8 Å². The van der Waals surface area contributed by atoms with Crippen LogP contribution in [0.4, 0.5) is 0 Å². The summed E-state index contributed by atoms with van der Waals surface area (Å²) in [5, 5.41) is 9.26. The minimum Gasteiger partial charge on any atom is -0.342 e. The molecule has 1 aliphatic rings. The number of nitrogens with zero attached hydrogens (tertiary/aromatic N) is 4. The molecule has 1 fully saturated rings. The highest BCUT2D eigenvalue weighted by atomic mass is 32.2. The predicted molar refractivity (Wildman–Crippen MR) is 79.7 cm³/mol. The molecule has 6 nitrogen and oxygen atoms in total. The molecule has 1 saturated heterocycles. The van der Waals surface area contributed by atoms with Gasteiger partial charge in [0.2, 0.25) is 5.91 Å². The van der Waals surface area contributed by atoms with Crippen LogP contribution in [0.1, 0.15) is 12.1 Å². The Morgan fingerprint density at radius 3 is 3.20 bits per heavy atom. The maximum Gasteiger partial charge on any atom is 0.228 e. The van der Waals surface area contributed by atoms with E-state index < -0.39 is 0 Å². The lowest BCUT2D eigenvalue weighted by atomic mass is 10.2. The van der Waals surface area contributed by atoms with Gasteiger partial charge in [-0.05, 0) is 12.2 Å². The first kappa shape index (κ1) is 13.6. The molecule has 1 N–H and O–H groups in total. The number of nitrogens with one attached hydrogen (secondary N) is 1. The Hall–Kier alpha value is -1.41. The van der Waals surface area contributed by atoms with E-state index in [1.54, 1.807) is 0 Å². The van der Waals surface area contributed by atoms with E-state index in [-0.39, 0.29) is 5.91 Å². The molecule has 0 radical (unpaired) electrons. The van der Waals surface area contributed by atoms with Gasteiger partial charge < -0.3 is 4.90 Å². The molecule has 1 aliphatic heterocycles. The van der Waals surface area contributed by atoms with Crippen molar-refractivity contribution in [3.63, 3.8) is 0 Å². The molecule has 2 aromatic rings. The van der Waals surface area contributed by atoms with Gasteiger partial charge in [0.05, 0.1) is 12.1 Å². The lowest BCUT2D eigenvalue weighted by Gasteiger charge is -2.23. The number of hydrogen-bond acceptors (Lipinski definition) is 6. The van der Waals surface area contributed by atoms with Crippen molar-refractivity contribution < 1.29 is 4.79 Å². The SMILES string of the molecule is CN(C(=O)Cc1csc(-c2ncn[nH]2)n1)C1CCSC1. The Labute approximate surface area is 125 Å². The topological polar surface area (TPSA) is 74.8 Å². The largest absolute Gasteiger partial charge is 0.342 e. The Morgan fingerprint density at radius 1 is 1.60 bits per heavy atom. The quantitative estimate of drug-likeness (QED) is 0.925. The van der Waals surface area contributed by atoms with Gasteiger partial charge in [-0.1, -0.05) is 0 Å². The summed E-state index contributed by atoms with van der Waals surface area (Å²) in [5.41, 5.74) is 0.795. The summed E-state index contributed by atoms with van der Waals surface area (Å²) in [6, 6.07) is 0.375. The molecule has 1 unspecified atom stereocenters. The predicted octanol–water partition coefficient (Wildman–Crippen LogP) is 1.43. The van der Waals surface area contributed by atoms with Crippen molar-refractivity contribution in [2.45, 2.75) is 18.9 Å². The molecule has 0 aromatic carbocycles. The molecule has 0 spiro atoms. The van der Waals surface area contributed by atoms with Crippen LogP contribution in [0.2, 0.25) is 0 Å². The second kappa shape index (κ2) is 5.92. The average Bonchev–Trinajstić information content (AvgIpc) is 3.19. The summed E-state index contributed by atoms with van der Waals surface area (Å²) in [6.45, 7) is 0. The van der Waals surface area contributed by atoms with Crippen molar-refractivity contribution in [2.75, 3.05) is 18.6 Å². The fourth-order valence-electron chi connectivity index (χ4n) is 2.12. The minimum atomic E-state index is 0.131. The Bertz CT molecular complexity index is 576. The third-order valence-electron chi connectivity index (χ3n) is 3.35. The highest BCUT2D eigenvalue weighted by molar-refractivity contribution is 7.99. The molecule has 0 aliphatic carbocycles. The molecule has 3 rings (SSSR count). The van der Waals surface area contributed by atoms with Crippen molar-refractivity contribution >= 4 is 29.0 Å². The zero-order chi connectivity index (χ0) is 13.9. The molecular weight excluding hydrogens is 294 g/mol. The van der Waals surface area contributed by atoms with Crippen LogP contribution in [0.5, 0.6) is 0 Å². The third-order valence-corrected chi connectivity index (χ3v) is 5.39. The number of likely N-dealkylation sites (N-methyl/N-ethyl adjacent to an activating group) is 1. The van der Waals surface area contributed by atoms with Crippen molar-refractivity contribution in [2.24, 2.45) is 0 Å². The summed E-state index contributed by atoms with van der Waals surface area (Å²) in [6.07, 6.45) is 2.89. The van der Waals surface area contributed by atoms with Crippen molar-refractivity contribution in [1.82, 2.24) is 25.1 Å². The number of aromatic amines is 1. The summed E-state index contributed by atoms with van der Waals surface area (Å²) in [5.74, 6) is 2.97. The smallest absolute Gasteiger partial charge is 0.228 e. The van der Waals surface area contributed by atoms with Gasteiger partial charge in [0.15, 0.2) is 10.8 Å². The molecule has 3 heterocycles. The van der Waals surface area contributed by atoms with Gasteiger partial charge in [0.1, 0.15) is 6.33 Å². The summed E-state index contributed by atoms with van der Waals surface area (Å²) in [4.78, 5) is 22.6. The Morgan fingerprint density at radius 2 is 2.50 bits per heavy atom. The molecule has 0 bridgehead atoms. The first-order valence-electron chi connectivity index (χ1n) is 6.37. The van der Waals surface area contributed by atoms with Gasteiger partial charge in [-0.15, -0.1) is 11.3 Å². The number of amides is 1. The number of hydrogen-bond donors (Lipinski definition) is 1. The normalized spacial score (nSPS) is 18.4. The zero-order valence-corrected chi connectivity index (χ0v) is 12.7. The highest BCUT2D eigenvalue weighted by Crippen LogP contribution is 2.23. The van der Waals surface area contributed by atoms with Crippen LogP contribution >= 0.6 is 23.1 Å². The number of thiazole rings is 1. The third kappa shape index (κ3) is 2.85. The van der Waals surface area contributed by atoms with E-state index in [0.29, 0.717) is 18.3 Å². The standard InChI is InChI=1S/C12H15N5OS2/c1-17(9-2-3-19-6-9)10(18)4-8-5-20-12(15-8)11-13-7-14-16-11/h5,7,9H,2-4,6H2,1H3,(H,13,14,16). The Kier molecular flexibility index (Phi) is 4.02. The minimum absolute atomic E-state index is 0.131. The average molecular weight is 309 g/mol. The molecule has 1 amide bonds. The number of rotatable bonds is 4. The fraction of sp³-hybridized carbons (Fsp3) is 0.500. The molecular formula is C12H15N5OS2. The molecule has 106 valence electrons. The van der Waals surface area contributed by atoms with Crippen LogP contribution in [-0.2, 0) is 11.2 Å². The van der Waals surface area contributed by atoms with E-state index in [4.69, 9.17) is 0 Å². The van der Waals surface area contributed by atoms with E-state index in [1.165, 1.54) is 17.7 Å². The fourth-order valence-corrected chi connectivity index (χ4v) is 4.15. The van der Waals surface area contributed by atoms with Crippen LogP contribution in [0.15, 0.2) is 11.7 Å².